The van der Waals surface area contributed by atoms with Crippen molar-refractivity contribution in [3.63, 3.8) is 0 Å². The lowest BCUT2D eigenvalue weighted by molar-refractivity contribution is -0.123. The summed E-state index contributed by atoms with van der Waals surface area (Å²) in [6, 6.07) is 6.48. The monoisotopic (exact) mass is 327 g/mol. The second kappa shape index (κ2) is 6.44. The molecular formula is C14H17NO4S2. The predicted molar refractivity (Wildman–Crippen MR) is 80.8 cm³/mol. The third-order valence-corrected chi connectivity index (χ3v) is 6.49. The zero-order chi connectivity index (χ0) is 15.5. The Morgan fingerprint density at radius 3 is 2.62 bits per heavy atom. The molecule has 0 aliphatic carbocycles. The van der Waals surface area contributed by atoms with E-state index in [1.54, 1.807) is 43.5 Å². The summed E-state index contributed by atoms with van der Waals surface area (Å²) in [7, 11) is -3.59. The van der Waals surface area contributed by atoms with Crippen LogP contribution in [0.1, 0.15) is 24.9 Å². The van der Waals surface area contributed by atoms with Crippen molar-refractivity contribution in [1.29, 1.82) is 0 Å². The van der Waals surface area contributed by atoms with E-state index in [4.69, 9.17) is 4.42 Å². The fraction of sp³-hybridized carbons (Fsp3) is 0.357. The topological polar surface area (TPSA) is 76.4 Å². The maximum absolute atomic E-state index is 12.7. The molecule has 21 heavy (non-hydrogen) atoms. The van der Waals surface area contributed by atoms with Gasteiger partial charge in [0.05, 0.1) is 6.26 Å². The maximum Gasteiger partial charge on any atom is 0.222 e. The highest BCUT2D eigenvalue weighted by Gasteiger charge is 2.32. The van der Waals surface area contributed by atoms with E-state index < -0.39 is 15.1 Å². The first-order chi connectivity index (χ1) is 9.93. The first kappa shape index (κ1) is 15.8. The van der Waals surface area contributed by atoms with E-state index in [9.17, 15) is 13.2 Å². The van der Waals surface area contributed by atoms with Crippen LogP contribution in [0.15, 0.2) is 44.5 Å². The molecule has 0 bridgehead atoms. The molecule has 0 aromatic carbocycles. The second-order valence-electron chi connectivity index (χ2n) is 4.88. The Bertz CT molecular complexity index is 673. The van der Waals surface area contributed by atoms with Crippen molar-refractivity contribution in [2.24, 2.45) is 5.92 Å². The summed E-state index contributed by atoms with van der Waals surface area (Å²) >= 11 is 1.15. The molecule has 1 N–H and O–H groups in total. The molecule has 2 aromatic rings. The molecule has 2 aromatic heterocycles. The molecule has 0 saturated heterocycles. The highest BCUT2D eigenvalue weighted by molar-refractivity contribution is 7.93. The molecule has 0 fully saturated rings. The largest absolute Gasteiger partial charge is 0.468 e. The van der Waals surface area contributed by atoms with E-state index in [-0.39, 0.29) is 22.6 Å². The third-order valence-electron chi connectivity index (χ3n) is 3.00. The maximum atomic E-state index is 12.7. The Hall–Kier alpha value is -1.60. The average molecular weight is 327 g/mol. The van der Waals surface area contributed by atoms with Crippen LogP contribution in [0.25, 0.3) is 0 Å². The molecule has 2 rings (SSSR count). The first-order valence-corrected chi connectivity index (χ1v) is 8.94. The Balaban J connectivity index is 2.28. The molecule has 0 aliphatic rings. The minimum atomic E-state index is -3.59. The lowest BCUT2D eigenvalue weighted by atomic mass is 10.2. The van der Waals surface area contributed by atoms with Gasteiger partial charge in [0.1, 0.15) is 15.2 Å². The van der Waals surface area contributed by atoms with E-state index in [0.717, 1.165) is 11.3 Å². The molecule has 0 saturated carbocycles. The highest BCUT2D eigenvalue weighted by Crippen LogP contribution is 2.31. The zero-order valence-corrected chi connectivity index (χ0v) is 13.4. The number of sulfone groups is 1. The number of carbonyl (C=O) groups excluding carboxylic acids is 1. The van der Waals surface area contributed by atoms with Crippen molar-refractivity contribution >= 4 is 27.1 Å². The number of hydrogen-bond acceptors (Lipinski definition) is 5. The van der Waals surface area contributed by atoms with E-state index >= 15 is 0 Å². The second-order valence-corrected chi connectivity index (χ2v) is 8.19. The molecule has 0 aliphatic heterocycles. The predicted octanol–water partition coefficient (Wildman–Crippen LogP) is 2.63. The molecule has 7 heteroatoms. The summed E-state index contributed by atoms with van der Waals surface area (Å²) in [6.07, 6.45) is 1.43. The number of rotatable bonds is 6. The summed E-state index contributed by atoms with van der Waals surface area (Å²) in [5.74, 6) is -0.0629. The molecule has 2 heterocycles. The van der Waals surface area contributed by atoms with Gasteiger partial charge in [0.15, 0.2) is 9.84 Å². The number of furan rings is 1. The van der Waals surface area contributed by atoms with Crippen LogP contribution in [-0.4, -0.2) is 20.9 Å². The summed E-state index contributed by atoms with van der Waals surface area (Å²) in [6.45, 7) is 3.50. The van der Waals surface area contributed by atoms with Gasteiger partial charge in [0.2, 0.25) is 5.91 Å². The molecule has 1 unspecified atom stereocenters. The molecule has 0 radical (unpaired) electrons. The van der Waals surface area contributed by atoms with Crippen LogP contribution >= 0.6 is 11.3 Å². The third kappa shape index (κ3) is 3.54. The fourth-order valence-corrected chi connectivity index (χ4v) is 4.59. The number of amides is 1. The van der Waals surface area contributed by atoms with Gasteiger partial charge in [-0.1, -0.05) is 19.9 Å². The number of carbonyl (C=O) groups is 1. The summed E-state index contributed by atoms with van der Waals surface area (Å²) in [5, 5.41) is 3.45. The Kier molecular flexibility index (Phi) is 4.84. The van der Waals surface area contributed by atoms with Gasteiger partial charge in [-0.3, -0.25) is 4.79 Å². The smallest absolute Gasteiger partial charge is 0.222 e. The molecule has 114 valence electrons. The van der Waals surface area contributed by atoms with Crippen LogP contribution in [-0.2, 0) is 14.6 Å². The highest BCUT2D eigenvalue weighted by atomic mass is 32.2. The van der Waals surface area contributed by atoms with Gasteiger partial charge in [0, 0.05) is 12.5 Å². The number of nitrogens with one attached hydrogen (secondary N) is 1. The van der Waals surface area contributed by atoms with Gasteiger partial charge in [0.25, 0.3) is 0 Å². The molecule has 5 nitrogen and oxygen atoms in total. The van der Waals surface area contributed by atoms with Gasteiger partial charge in [-0.15, -0.1) is 11.3 Å². The van der Waals surface area contributed by atoms with Crippen LogP contribution in [0.5, 0.6) is 0 Å². The lowest BCUT2D eigenvalue weighted by Gasteiger charge is -2.16. The van der Waals surface area contributed by atoms with Crippen LogP contribution < -0.4 is 5.32 Å². The normalized spacial score (nSPS) is 13.3. The van der Waals surface area contributed by atoms with Gasteiger partial charge in [-0.05, 0) is 23.6 Å². The van der Waals surface area contributed by atoms with E-state index in [2.05, 4.69) is 5.32 Å². The molecule has 1 atom stereocenters. The number of hydrogen-bond donors (Lipinski definition) is 1. The van der Waals surface area contributed by atoms with Crippen LogP contribution in [0.4, 0.5) is 0 Å². The number of thiophene rings is 1. The van der Waals surface area contributed by atoms with Crippen molar-refractivity contribution in [1.82, 2.24) is 5.32 Å². The van der Waals surface area contributed by atoms with Gasteiger partial charge < -0.3 is 9.73 Å². The zero-order valence-electron chi connectivity index (χ0n) is 11.8. The SMILES string of the molecule is CC(C)C(=O)NCC(c1ccco1)S(=O)(=O)c1cccs1. The Morgan fingerprint density at radius 1 is 1.33 bits per heavy atom. The van der Waals surface area contributed by atoms with Crippen molar-refractivity contribution in [3.8, 4) is 0 Å². The molecular weight excluding hydrogens is 310 g/mol. The fourth-order valence-electron chi connectivity index (χ4n) is 1.80. The van der Waals surface area contributed by atoms with Crippen molar-refractivity contribution < 1.29 is 17.6 Å². The minimum absolute atomic E-state index is 0.00917. The molecule has 0 spiro atoms. The lowest BCUT2D eigenvalue weighted by Crippen LogP contribution is -2.34. The van der Waals surface area contributed by atoms with E-state index in [1.165, 1.54) is 6.26 Å². The van der Waals surface area contributed by atoms with Crippen molar-refractivity contribution in [3.05, 3.63) is 41.7 Å². The average Bonchev–Trinajstić information content (AvgIpc) is 3.11. The first-order valence-electron chi connectivity index (χ1n) is 6.51. The van der Waals surface area contributed by atoms with E-state index in [0.29, 0.717) is 5.76 Å². The minimum Gasteiger partial charge on any atom is -0.468 e. The van der Waals surface area contributed by atoms with Gasteiger partial charge in [-0.25, -0.2) is 8.42 Å². The van der Waals surface area contributed by atoms with Gasteiger partial charge >= 0.3 is 0 Å². The van der Waals surface area contributed by atoms with E-state index in [1.807, 2.05) is 0 Å². The van der Waals surface area contributed by atoms with Crippen LogP contribution in [0.3, 0.4) is 0 Å². The van der Waals surface area contributed by atoms with Crippen LogP contribution in [0.2, 0.25) is 0 Å². The standard InChI is InChI=1S/C14H17NO4S2/c1-10(2)14(16)15-9-12(11-5-3-7-19-11)21(17,18)13-6-4-8-20-13/h3-8,10,12H,9H2,1-2H3,(H,15,16). The van der Waals surface area contributed by atoms with Gasteiger partial charge in [-0.2, -0.15) is 0 Å². The Morgan fingerprint density at radius 2 is 2.10 bits per heavy atom. The molecule has 1 amide bonds. The summed E-state index contributed by atoms with van der Waals surface area (Å²) < 4.78 is 30.9. The summed E-state index contributed by atoms with van der Waals surface area (Å²) in [5.41, 5.74) is 0. The Labute approximate surface area is 127 Å². The quantitative estimate of drug-likeness (QED) is 0.885. The summed E-state index contributed by atoms with van der Waals surface area (Å²) in [4.78, 5) is 11.7. The van der Waals surface area contributed by atoms with Crippen LogP contribution in [0, 0.1) is 5.92 Å². The van der Waals surface area contributed by atoms with Crippen molar-refractivity contribution in [2.75, 3.05) is 6.54 Å². The van der Waals surface area contributed by atoms with Crippen molar-refractivity contribution in [2.45, 2.75) is 23.3 Å².